The minimum atomic E-state index is -0.285. The Balaban J connectivity index is 1.52. The summed E-state index contributed by atoms with van der Waals surface area (Å²) in [5, 5.41) is 13.1. The van der Waals surface area contributed by atoms with Gasteiger partial charge in [-0.25, -0.2) is 0 Å². The van der Waals surface area contributed by atoms with Gasteiger partial charge in [0.15, 0.2) is 0 Å². The molecule has 0 spiro atoms. The van der Waals surface area contributed by atoms with Gasteiger partial charge < -0.3 is 15.3 Å². The molecule has 6 nitrogen and oxygen atoms in total. The van der Waals surface area contributed by atoms with Crippen LogP contribution in [0.3, 0.4) is 0 Å². The Morgan fingerprint density at radius 2 is 1.90 bits per heavy atom. The number of likely N-dealkylation sites (tertiary alicyclic amines) is 1. The average Bonchev–Trinajstić information content (AvgIpc) is 2.67. The molecule has 1 saturated heterocycles. The fourth-order valence-electron chi connectivity index (χ4n) is 4.45. The molecule has 2 heterocycles. The van der Waals surface area contributed by atoms with Crippen LogP contribution in [0.25, 0.3) is 0 Å². The quantitative estimate of drug-likeness (QED) is 0.753. The van der Waals surface area contributed by atoms with Crippen LogP contribution in [0.4, 0.5) is 0 Å². The van der Waals surface area contributed by atoms with Crippen molar-refractivity contribution in [3.8, 4) is 0 Å². The van der Waals surface area contributed by atoms with Gasteiger partial charge in [0.1, 0.15) is 0 Å². The first-order chi connectivity index (χ1) is 14.2. The Morgan fingerprint density at radius 1 is 1.10 bits per heavy atom. The van der Waals surface area contributed by atoms with E-state index >= 15 is 0 Å². The standard InChI is InChI=1S/C23H27N3O3/c27-15-20-22(17-7-2-1-3-8-17)19(14-25-23(29)18-9-4-10-18)26(20)21(28)12-16-6-5-11-24-13-16/h1-3,5-8,11,13,18-20,22,27H,4,9-10,12,14-15H2,(H,25,29)/t19-,20+,22+/m1/s1. The number of carbonyl (C=O) groups excluding carboxylic acids is 2. The number of hydrogen-bond donors (Lipinski definition) is 2. The van der Waals surface area contributed by atoms with Crippen molar-refractivity contribution < 1.29 is 14.7 Å². The summed E-state index contributed by atoms with van der Waals surface area (Å²) in [6.07, 6.45) is 6.60. The Hall–Kier alpha value is -2.73. The molecule has 152 valence electrons. The molecule has 2 amide bonds. The van der Waals surface area contributed by atoms with Crippen molar-refractivity contribution in [3.05, 3.63) is 66.0 Å². The molecular formula is C23H27N3O3. The Morgan fingerprint density at radius 3 is 2.52 bits per heavy atom. The number of amides is 2. The second kappa shape index (κ2) is 8.74. The molecule has 0 unspecified atom stereocenters. The van der Waals surface area contributed by atoms with E-state index < -0.39 is 0 Å². The zero-order valence-electron chi connectivity index (χ0n) is 16.4. The van der Waals surface area contributed by atoms with Crippen LogP contribution < -0.4 is 5.32 Å². The summed E-state index contributed by atoms with van der Waals surface area (Å²) in [7, 11) is 0. The molecule has 1 aromatic carbocycles. The van der Waals surface area contributed by atoms with Gasteiger partial charge in [-0.05, 0) is 30.0 Å². The van der Waals surface area contributed by atoms with E-state index in [1.54, 1.807) is 17.3 Å². The van der Waals surface area contributed by atoms with Gasteiger partial charge >= 0.3 is 0 Å². The first kappa shape index (κ1) is 19.6. The highest BCUT2D eigenvalue weighted by atomic mass is 16.3. The van der Waals surface area contributed by atoms with E-state index in [4.69, 9.17) is 0 Å². The molecule has 2 N–H and O–H groups in total. The first-order valence-corrected chi connectivity index (χ1v) is 10.3. The summed E-state index contributed by atoms with van der Waals surface area (Å²) in [6, 6.07) is 13.2. The van der Waals surface area contributed by atoms with E-state index in [0.29, 0.717) is 6.54 Å². The molecule has 3 atom stereocenters. The van der Waals surface area contributed by atoms with Crippen LogP contribution in [0.5, 0.6) is 0 Å². The van der Waals surface area contributed by atoms with Crippen molar-refractivity contribution in [2.75, 3.05) is 13.2 Å². The molecule has 2 aliphatic rings. The van der Waals surface area contributed by atoms with E-state index in [9.17, 15) is 14.7 Å². The van der Waals surface area contributed by atoms with Gasteiger partial charge in [-0.3, -0.25) is 14.6 Å². The second-order valence-electron chi connectivity index (χ2n) is 7.97. The lowest BCUT2D eigenvalue weighted by Crippen LogP contribution is -2.69. The van der Waals surface area contributed by atoms with Crippen molar-refractivity contribution in [1.29, 1.82) is 0 Å². The maximum Gasteiger partial charge on any atom is 0.227 e. The van der Waals surface area contributed by atoms with Crippen molar-refractivity contribution in [2.24, 2.45) is 5.92 Å². The minimum absolute atomic E-state index is 0.000684. The molecule has 6 heteroatoms. The van der Waals surface area contributed by atoms with Gasteiger partial charge in [0.2, 0.25) is 11.8 Å². The number of rotatable bonds is 7. The summed E-state index contributed by atoms with van der Waals surface area (Å²) >= 11 is 0. The number of benzene rings is 1. The van der Waals surface area contributed by atoms with Gasteiger partial charge in [-0.1, -0.05) is 42.8 Å². The molecular weight excluding hydrogens is 366 g/mol. The number of hydrogen-bond acceptors (Lipinski definition) is 4. The normalized spacial score (nSPS) is 23.8. The maximum atomic E-state index is 13.1. The van der Waals surface area contributed by atoms with Crippen molar-refractivity contribution in [2.45, 2.75) is 43.7 Å². The highest BCUT2D eigenvalue weighted by Gasteiger charge is 2.50. The third-order valence-electron chi connectivity index (χ3n) is 6.24. The predicted molar refractivity (Wildman–Crippen MR) is 109 cm³/mol. The molecule has 1 saturated carbocycles. The number of aromatic nitrogens is 1. The van der Waals surface area contributed by atoms with Crippen LogP contribution in [0.1, 0.15) is 36.3 Å². The minimum Gasteiger partial charge on any atom is -0.394 e. The lowest BCUT2D eigenvalue weighted by atomic mass is 9.74. The highest BCUT2D eigenvalue weighted by molar-refractivity contribution is 5.82. The molecule has 29 heavy (non-hydrogen) atoms. The number of nitrogens with zero attached hydrogens (tertiary/aromatic N) is 2. The van der Waals surface area contributed by atoms with Gasteiger partial charge in [-0.15, -0.1) is 0 Å². The number of nitrogens with one attached hydrogen (secondary N) is 1. The van der Waals surface area contributed by atoms with Gasteiger partial charge in [0.05, 0.1) is 25.1 Å². The molecule has 1 aromatic heterocycles. The highest BCUT2D eigenvalue weighted by Crippen LogP contribution is 2.41. The SMILES string of the molecule is O=C(NC[C@@H]1[C@H](c2ccccc2)[C@H](CO)N1C(=O)Cc1cccnc1)C1CCC1. The van der Waals surface area contributed by atoms with E-state index in [-0.39, 0.29) is 48.8 Å². The van der Waals surface area contributed by atoms with Crippen LogP contribution in [0, 0.1) is 5.92 Å². The third kappa shape index (κ3) is 4.03. The van der Waals surface area contributed by atoms with Crippen LogP contribution >= 0.6 is 0 Å². The third-order valence-corrected chi connectivity index (χ3v) is 6.24. The Labute approximate surface area is 171 Å². The van der Waals surface area contributed by atoms with Crippen molar-refractivity contribution in [1.82, 2.24) is 15.2 Å². The number of carbonyl (C=O) groups is 2. The van der Waals surface area contributed by atoms with Crippen molar-refractivity contribution in [3.63, 3.8) is 0 Å². The molecule has 4 rings (SSSR count). The van der Waals surface area contributed by atoms with E-state index in [1.165, 1.54) is 0 Å². The van der Waals surface area contributed by atoms with Crippen LogP contribution in [0.2, 0.25) is 0 Å². The summed E-state index contributed by atoms with van der Waals surface area (Å²) in [6.45, 7) is 0.301. The molecule has 0 bridgehead atoms. The number of aliphatic hydroxyl groups is 1. The van der Waals surface area contributed by atoms with Crippen LogP contribution in [-0.4, -0.2) is 52.0 Å². The lowest BCUT2D eigenvalue weighted by molar-refractivity contribution is -0.150. The monoisotopic (exact) mass is 393 g/mol. The van der Waals surface area contributed by atoms with Gasteiger partial charge in [-0.2, -0.15) is 0 Å². The van der Waals surface area contributed by atoms with Crippen molar-refractivity contribution >= 4 is 11.8 Å². The van der Waals surface area contributed by atoms with E-state index in [1.807, 2.05) is 42.5 Å². The van der Waals surface area contributed by atoms with Gasteiger partial charge in [0, 0.05) is 30.8 Å². The summed E-state index contributed by atoms with van der Waals surface area (Å²) in [4.78, 5) is 31.3. The van der Waals surface area contributed by atoms with E-state index in [0.717, 1.165) is 30.4 Å². The van der Waals surface area contributed by atoms with E-state index in [2.05, 4.69) is 10.3 Å². The summed E-state index contributed by atoms with van der Waals surface area (Å²) in [5.74, 6) is 0.140. The topological polar surface area (TPSA) is 82.5 Å². The first-order valence-electron chi connectivity index (χ1n) is 10.3. The Bertz CT molecular complexity index is 839. The predicted octanol–water partition coefficient (Wildman–Crippen LogP) is 1.90. The molecule has 0 radical (unpaired) electrons. The molecule has 1 aliphatic heterocycles. The smallest absolute Gasteiger partial charge is 0.227 e. The molecule has 1 aliphatic carbocycles. The number of aliphatic hydroxyl groups excluding tert-OH is 1. The lowest BCUT2D eigenvalue weighted by Gasteiger charge is -2.55. The fourth-order valence-corrected chi connectivity index (χ4v) is 4.45. The average molecular weight is 393 g/mol. The van der Waals surface area contributed by atoms with Crippen LogP contribution in [-0.2, 0) is 16.0 Å². The van der Waals surface area contributed by atoms with Crippen LogP contribution in [0.15, 0.2) is 54.9 Å². The summed E-state index contributed by atoms with van der Waals surface area (Å²) in [5.41, 5.74) is 1.93. The maximum absolute atomic E-state index is 13.1. The molecule has 2 aromatic rings. The second-order valence-corrected chi connectivity index (χ2v) is 7.97. The molecule has 2 fully saturated rings. The largest absolute Gasteiger partial charge is 0.394 e. The zero-order chi connectivity index (χ0) is 20.2. The van der Waals surface area contributed by atoms with Gasteiger partial charge in [0.25, 0.3) is 0 Å². The number of pyridine rings is 1. The fraction of sp³-hybridized carbons (Fsp3) is 0.435. The summed E-state index contributed by atoms with van der Waals surface area (Å²) < 4.78 is 0. The zero-order valence-corrected chi connectivity index (χ0v) is 16.4. The Kier molecular flexibility index (Phi) is 5.90.